The normalized spacial score (nSPS) is 10.2. The maximum absolute atomic E-state index is 12.5. The molecule has 1 aromatic heterocycles. The molecule has 0 saturated heterocycles. The van der Waals surface area contributed by atoms with Crippen LogP contribution in [-0.4, -0.2) is 23.9 Å². The fraction of sp³-hybridized carbons (Fsp3) is 0.0952. The molecule has 28 heavy (non-hydrogen) atoms. The number of benzene rings is 2. The molecule has 0 fully saturated rings. The minimum atomic E-state index is -0.390. The van der Waals surface area contributed by atoms with Gasteiger partial charge < -0.3 is 15.4 Å². The number of ether oxygens (including phenoxy) is 1. The predicted octanol–water partition coefficient (Wildman–Crippen LogP) is 3.93. The van der Waals surface area contributed by atoms with Crippen molar-refractivity contribution in [2.24, 2.45) is 0 Å². The van der Waals surface area contributed by atoms with E-state index >= 15 is 0 Å². The zero-order valence-electron chi connectivity index (χ0n) is 15.1. The summed E-state index contributed by atoms with van der Waals surface area (Å²) in [7, 11) is 1.57. The second kappa shape index (κ2) is 9.01. The van der Waals surface area contributed by atoms with Gasteiger partial charge in [-0.2, -0.15) is 0 Å². The number of amides is 2. The number of para-hydroxylation sites is 2. The number of methoxy groups -OCH3 is 1. The number of nitrogens with zero attached hydrogens (tertiary/aromatic N) is 1. The fourth-order valence-corrected chi connectivity index (χ4v) is 2.75. The van der Waals surface area contributed by atoms with E-state index in [1.165, 1.54) is 18.3 Å². The van der Waals surface area contributed by atoms with Crippen LogP contribution >= 0.6 is 11.6 Å². The van der Waals surface area contributed by atoms with Gasteiger partial charge in [0.1, 0.15) is 11.4 Å². The van der Waals surface area contributed by atoms with E-state index in [1.54, 1.807) is 31.4 Å². The Labute approximate surface area is 167 Å². The van der Waals surface area contributed by atoms with Crippen LogP contribution < -0.4 is 15.4 Å². The van der Waals surface area contributed by atoms with Gasteiger partial charge in [-0.25, -0.2) is 0 Å². The van der Waals surface area contributed by atoms with E-state index in [9.17, 15) is 9.59 Å². The quantitative estimate of drug-likeness (QED) is 0.662. The molecule has 0 aliphatic rings. The van der Waals surface area contributed by atoms with Gasteiger partial charge in [-0.3, -0.25) is 14.6 Å². The highest BCUT2D eigenvalue weighted by Gasteiger charge is 2.13. The summed E-state index contributed by atoms with van der Waals surface area (Å²) in [6.07, 6.45) is 1.42. The van der Waals surface area contributed by atoms with Crippen LogP contribution in [0.25, 0.3) is 0 Å². The van der Waals surface area contributed by atoms with E-state index in [1.807, 2.05) is 24.3 Å². The molecular formula is C21H18ClN3O3. The fourth-order valence-electron chi connectivity index (χ4n) is 2.57. The molecule has 6 nitrogen and oxygen atoms in total. The molecule has 2 amide bonds. The Kier molecular flexibility index (Phi) is 6.24. The Morgan fingerprint density at radius 2 is 1.79 bits per heavy atom. The molecular weight excluding hydrogens is 378 g/mol. The maximum atomic E-state index is 12.5. The van der Waals surface area contributed by atoms with E-state index in [-0.39, 0.29) is 18.1 Å². The van der Waals surface area contributed by atoms with Crippen molar-refractivity contribution in [3.63, 3.8) is 0 Å². The summed E-state index contributed by atoms with van der Waals surface area (Å²) in [4.78, 5) is 28.9. The first kappa shape index (κ1) is 19.4. The number of hydrogen-bond acceptors (Lipinski definition) is 4. The number of hydrogen-bond donors (Lipinski definition) is 2. The van der Waals surface area contributed by atoms with Crippen LogP contribution in [0.2, 0.25) is 5.02 Å². The lowest BCUT2D eigenvalue weighted by Crippen LogP contribution is -2.24. The Hall–Kier alpha value is -3.38. The first-order valence-corrected chi connectivity index (χ1v) is 8.88. The first-order valence-electron chi connectivity index (χ1n) is 8.50. The third-order valence-corrected chi connectivity index (χ3v) is 4.34. The molecule has 3 aromatic rings. The summed E-state index contributed by atoms with van der Waals surface area (Å²) in [5.41, 5.74) is 1.78. The van der Waals surface area contributed by atoms with E-state index in [0.29, 0.717) is 22.0 Å². The second-order valence-electron chi connectivity index (χ2n) is 5.86. The van der Waals surface area contributed by atoms with Gasteiger partial charge in [0.25, 0.3) is 11.8 Å². The molecule has 0 unspecified atom stereocenters. The van der Waals surface area contributed by atoms with Gasteiger partial charge in [0, 0.05) is 23.9 Å². The average Bonchev–Trinajstić information content (AvgIpc) is 2.74. The van der Waals surface area contributed by atoms with Crippen LogP contribution in [0.15, 0.2) is 66.9 Å². The Bertz CT molecular complexity index is 1010. The average molecular weight is 396 g/mol. The van der Waals surface area contributed by atoms with Crippen molar-refractivity contribution >= 4 is 29.1 Å². The van der Waals surface area contributed by atoms with E-state index in [4.69, 9.17) is 16.3 Å². The lowest BCUT2D eigenvalue weighted by molar-refractivity contribution is 0.0945. The van der Waals surface area contributed by atoms with E-state index in [0.717, 1.165) is 5.56 Å². The number of anilines is 1. The largest absolute Gasteiger partial charge is 0.496 e. The summed E-state index contributed by atoms with van der Waals surface area (Å²) in [6.45, 7) is 0.278. The van der Waals surface area contributed by atoms with Crippen molar-refractivity contribution in [2.45, 2.75) is 6.54 Å². The SMILES string of the molecule is COc1ccccc1CNC(=O)c1cc(C(=O)Nc2ccccc2Cl)ccn1. The highest BCUT2D eigenvalue weighted by molar-refractivity contribution is 6.33. The van der Waals surface area contributed by atoms with Gasteiger partial charge in [0.15, 0.2) is 0 Å². The number of aromatic nitrogens is 1. The molecule has 2 N–H and O–H groups in total. The molecule has 0 atom stereocenters. The topological polar surface area (TPSA) is 80.3 Å². The number of pyridine rings is 1. The number of carbonyl (C=O) groups excluding carboxylic acids is 2. The Morgan fingerprint density at radius 1 is 1.04 bits per heavy atom. The summed E-state index contributed by atoms with van der Waals surface area (Å²) in [6, 6.07) is 17.3. The van der Waals surface area contributed by atoms with Crippen LogP contribution in [-0.2, 0) is 6.54 Å². The minimum absolute atomic E-state index is 0.140. The number of halogens is 1. The van der Waals surface area contributed by atoms with Crippen molar-refractivity contribution in [2.75, 3.05) is 12.4 Å². The molecule has 0 spiro atoms. The van der Waals surface area contributed by atoms with Crippen LogP contribution in [0, 0.1) is 0 Å². The van der Waals surface area contributed by atoms with Gasteiger partial charge in [-0.05, 0) is 30.3 Å². The highest BCUT2D eigenvalue weighted by atomic mass is 35.5. The smallest absolute Gasteiger partial charge is 0.270 e. The predicted molar refractivity (Wildman–Crippen MR) is 108 cm³/mol. The Morgan fingerprint density at radius 3 is 2.57 bits per heavy atom. The number of nitrogens with one attached hydrogen (secondary N) is 2. The summed E-state index contributed by atoms with van der Waals surface area (Å²) >= 11 is 6.06. The molecule has 1 heterocycles. The van der Waals surface area contributed by atoms with Gasteiger partial charge in [0.05, 0.1) is 17.8 Å². The third-order valence-electron chi connectivity index (χ3n) is 4.01. The monoisotopic (exact) mass is 395 g/mol. The highest BCUT2D eigenvalue weighted by Crippen LogP contribution is 2.21. The maximum Gasteiger partial charge on any atom is 0.270 e. The molecule has 0 saturated carbocycles. The standard InChI is InChI=1S/C21H18ClN3O3/c1-28-19-9-5-2-6-15(19)13-24-21(27)18-12-14(10-11-23-18)20(26)25-17-8-4-3-7-16(17)22/h2-12H,13H2,1H3,(H,24,27)(H,25,26). The Balaban J connectivity index is 1.69. The molecule has 0 aliphatic heterocycles. The molecule has 3 rings (SSSR count). The lowest BCUT2D eigenvalue weighted by atomic mass is 10.2. The van der Waals surface area contributed by atoms with E-state index in [2.05, 4.69) is 15.6 Å². The van der Waals surface area contributed by atoms with Crippen LogP contribution in [0.3, 0.4) is 0 Å². The van der Waals surface area contributed by atoms with Crippen molar-refractivity contribution < 1.29 is 14.3 Å². The minimum Gasteiger partial charge on any atom is -0.496 e. The van der Waals surface area contributed by atoms with Crippen molar-refractivity contribution in [3.05, 3.63) is 88.7 Å². The van der Waals surface area contributed by atoms with Crippen LogP contribution in [0.5, 0.6) is 5.75 Å². The molecule has 2 aromatic carbocycles. The van der Waals surface area contributed by atoms with Gasteiger partial charge >= 0.3 is 0 Å². The summed E-state index contributed by atoms with van der Waals surface area (Å²) in [5.74, 6) is -0.0868. The zero-order valence-corrected chi connectivity index (χ0v) is 15.9. The third kappa shape index (κ3) is 4.66. The first-order chi connectivity index (χ1) is 13.6. The zero-order chi connectivity index (χ0) is 19.9. The van der Waals surface area contributed by atoms with Crippen molar-refractivity contribution in [1.29, 1.82) is 0 Å². The number of rotatable bonds is 6. The molecule has 142 valence electrons. The van der Waals surface area contributed by atoms with E-state index < -0.39 is 5.91 Å². The molecule has 0 bridgehead atoms. The second-order valence-corrected chi connectivity index (χ2v) is 6.27. The number of carbonyl (C=O) groups is 2. The van der Waals surface area contributed by atoms with Crippen LogP contribution in [0.1, 0.15) is 26.4 Å². The van der Waals surface area contributed by atoms with Gasteiger partial charge in [-0.1, -0.05) is 41.9 Å². The van der Waals surface area contributed by atoms with Crippen molar-refractivity contribution in [1.82, 2.24) is 10.3 Å². The summed E-state index contributed by atoms with van der Waals surface area (Å²) < 4.78 is 5.27. The van der Waals surface area contributed by atoms with Crippen LogP contribution in [0.4, 0.5) is 5.69 Å². The van der Waals surface area contributed by atoms with Crippen molar-refractivity contribution in [3.8, 4) is 5.75 Å². The molecule has 0 radical (unpaired) electrons. The molecule has 0 aliphatic carbocycles. The van der Waals surface area contributed by atoms with Gasteiger partial charge in [-0.15, -0.1) is 0 Å². The van der Waals surface area contributed by atoms with Gasteiger partial charge in [0.2, 0.25) is 0 Å². The molecule has 7 heteroatoms. The lowest BCUT2D eigenvalue weighted by Gasteiger charge is -2.10. The summed E-state index contributed by atoms with van der Waals surface area (Å²) in [5, 5.41) is 5.93.